The predicted octanol–water partition coefficient (Wildman–Crippen LogP) is 2.62. The van der Waals surface area contributed by atoms with E-state index in [4.69, 9.17) is 5.73 Å². The number of imidazole rings is 1. The zero-order valence-electron chi connectivity index (χ0n) is 10.4. The first-order chi connectivity index (χ1) is 7.73. The minimum absolute atomic E-state index is 0.162. The molecular formula is C13H23N3. The Morgan fingerprint density at radius 1 is 1.50 bits per heavy atom. The first-order valence-corrected chi connectivity index (χ1v) is 6.46. The van der Waals surface area contributed by atoms with Gasteiger partial charge in [-0.25, -0.2) is 4.98 Å². The molecule has 1 aromatic rings. The van der Waals surface area contributed by atoms with Gasteiger partial charge in [0.1, 0.15) is 0 Å². The van der Waals surface area contributed by atoms with Gasteiger partial charge in [0.2, 0.25) is 0 Å². The molecule has 3 heteroatoms. The second kappa shape index (κ2) is 4.58. The van der Waals surface area contributed by atoms with E-state index in [1.807, 2.05) is 12.5 Å². The van der Waals surface area contributed by atoms with E-state index < -0.39 is 0 Å². The van der Waals surface area contributed by atoms with E-state index in [0.717, 1.165) is 13.0 Å². The maximum Gasteiger partial charge on any atom is 0.0953 e. The Hall–Kier alpha value is -0.830. The van der Waals surface area contributed by atoms with Crippen LogP contribution < -0.4 is 5.73 Å². The summed E-state index contributed by atoms with van der Waals surface area (Å²) in [4.78, 5) is 4.34. The van der Waals surface area contributed by atoms with E-state index >= 15 is 0 Å². The van der Waals surface area contributed by atoms with E-state index in [0.29, 0.717) is 5.92 Å². The summed E-state index contributed by atoms with van der Waals surface area (Å²) in [7, 11) is 0. The Balaban J connectivity index is 2.35. The van der Waals surface area contributed by atoms with Crippen molar-refractivity contribution in [1.82, 2.24) is 9.55 Å². The molecule has 1 saturated carbocycles. The molecule has 1 atom stereocenters. The van der Waals surface area contributed by atoms with E-state index in [9.17, 15) is 0 Å². The van der Waals surface area contributed by atoms with Gasteiger partial charge in [-0.1, -0.05) is 26.7 Å². The summed E-state index contributed by atoms with van der Waals surface area (Å²) < 4.78 is 2.37. The fourth-order valence-corrected chi connectivity index (χ4v) is 2.85. The second-order valence-electron chi connectivity index (χ2n) is 5.13. The van der Waals surface area contributed by atoms with Crippen LogP contribution in [0.15, 0.2) is 12.5 Å². The molecule has 0 bridgehead atoms. The highest BCUT2D eigenvalue weighted by atomic mass is 15.1. The van der Waals surface area contributed by atoms with Crippen molar-refractivity contribution >= 4 is 0 Å². The molecule has 0 spiro atoms. The third-order valence-corrected chi connectivity index (χ3v) is 4.21. The summed E-state index contributed by atoms with van der Waals surface area (Å²) in [5.41, 5.74) is 7.54. The highest BCUT2D eigenvalue weighted by Crippen LogP contribution is 2.38. The van der Waals surface area contributed by atoms with Crippen LogP contribution in [0, 0.1) is 0 Å². The van der Waals surface area contributed by atoms with Crippen molar-refractivity contribution in [2.24, 2.45) is 5.73 Å². The molecule has 1 aliphatic carbocycles. The third kappa shape index (κ3) is 1.77. The molecule has 1 aliphatic rings. The highest BCUT2D eigenvalue weighted by molar-refractivity contribution is 5.11. The SMILES string of the molecule is CCC(C)c1cncn1C1(CN)CCCC1. The summed E-state index contributed by atoms with van der Waals surface area (Å²) in [6, 6.07) is 0. The number of hydrogen-bond donors (Lipinski definition) is 1. The fraction of sp³-hybridized carbons (Fsp3) is 0.769. The van der Waals surface area contributed by atoms with Crippen LogP contribution in [0.25, 0.3) is 0 Å². The number of nitrogens with zero attached hydrogens (tertiary/aromatic N) is 2. The summed E-state index contributed by atoms with van der Waals surface area (Å²) in [5, 5.41) is 0. The van der Waals surface area contributed by atoms with Crippen molar-refractivity contribution in [3.63, 3.8) is 0 Å². The predicted molar refractivity (Wildman–Crippen MR) is 66.4 cm³/mol. The van der Waals surface area contributed by atoms with Crippen molar-refractivity contribution in [2.45, 2.75) is 57.4 Å². The van der Waals surface area contributed by atoms with Crippen molar-refractivity contribution in [1.29, 1.82) is 0 Å². The molecule has 0 amide bonds. The third-order valence-electron chi connectivity index (χ3n) is 4.21. The second-order valence-corrected chi connectivity index (χ2v) is 5.13. The van der Waals surface area contributed by atoms with Crippen LogP contribution in [-0.2, 0) is 5.54 Å². The molecule has 2 N–H and O–H groups in total. The quantitative estimate of drug-likeness (QED) is 0.849. The lowest BCUT2D eigenvalue weighted by Gasteiger charge is -2.32. The van der Waals surface area contributed by atoms with Crippen LogP contribution in [0.1, 0.15) is 57.6 Å². The fourth-order valence-electron chi connectivity index (χ4n) is 2.85. The molecule has 1 heterocycles. The van der Waals surface area contributed by atoms with Gasteiger partial charge in [0.25, 0.3) is 0 Å². The number of aromatic nitrogens is 2. The average Bonchev–Trinajstić information content (AvgIpc) is 2.96. The van der Waals surface area contributed by atoms with Crippen LogP contribution in [0.2, 0.25) is 0 Å². The molecule has 1 unspecified atom stereocenters. The van der Waals surface area contributed by atoms with Crippen LogP contribution in [0.5, 0.6) is 0 Å². The Bertz CT molecular complexity index is 337. The van der Waals surface area contributed by atoms with E-state index in [2.05, 4.69) is 23.4 Å². The average molecular weight is 221 g/mol. The van der Waals surface area contributed by atoms with Crippen molar-refractivity contribution in [3.05, 3.63) is 18.2 Å². The monoisotopic (exact) mass is 221 g/mol. The molecule has 0 radical (unpaired) electrons. The van der Waals surface area contributed by atoms with E-state index in [-0.39, 0.29) is 5.54 Å². The smallest absolute Gasteiger partial charge is 0.0953 e. The van der Waals surface area contributed by atoms with Crippen LogP contribution in [0.4, 0.5) is 0 Å². The molecule has 0 aliphatic heterocycles. The summed E-state index contributed by atoms with van der Waals surface area (Å²) in [6.07, 6.45) is 10.2. The van der Waals surface area contributed by atoms with Gasteiger partial charge in [0.15, 0.2) is 0 Å². The van der Waals surface area contributed by atoms with Gasteiger partial charge in [-0.3, -0.25) is 0 Å². The van der Waals surface area contributed by atoms with Crippen LogP contribution in [0.3, 0.4) is 0 Å². The first kappa shape index (κ1) is 11.6. The van der Waals surface area contributed by atoms with Gasteiger partial charge in [0.05, 0.1) is 11.9 Å². The molecular weight excluding hydrogens is 198 g/mol. The maximum absolute atomic E-state index is 6.02. The number of rotatable bonds is 4. The Morgan fingerprint density at radius 3 is 2.75 bits per heavy atom. The number of hydrogen-bond acceptors (Lipinski definition) is 2. The summed E-state index contributed by atoms with van der Waals surface area (Å²) in [5.74, 6) is 0.575. The maximum atomic E-state index is 6.02. The zero-order chi connectivity index (χ0) is 11.6. The van der Waals surface area contributed by atoms with Crippen molar-refractivity contribution in [3.8, 4) is 0 Å². The number of nitrogens with two attached hydrogens (primary N) is 1. The Morgan fingerprint density at radius 2 is 2.19 bits per heavy atom. The van der Waals surface area contributed by atoms with Gasteiger partial charge >= 0.3 is 0 Å². The van der Waals surface area contributed by atoms with Crippen molar-refractivity contribution in [2.75, 3.05) is 6.54 Å². The molecule has 0 saturated heterocycles. The molecule has 90 valence electrons. The summed E-state index contributed by atoms with van der Waals surface area (Å²) >= 11 is 0. The highest BCUT2D eigenvalue weighted by Gasteiger charge is 2.35. The lowest BCUT2D eigenvalue weighted by molar-refractivity contribution is 0.291. The van der Waals surface area contributed by atoms with Gasteiger partial charge in [-0.15, -0.1) is 0 Å². The lowest BCUT2D eigenvalue weighted by atomic mass is 9.95. The Labute approximate surface area is 98.1 Å². The van der Waals surface area contributed by atoms with Crippen LogP contribution >= 0.6 is 0 Å². The van der Waals surface area contributed by atoms with E-state index in [1.54, 1.807) is 0 Å². The summed E-state index contributed by atoms with van der Waals surface area (Å²) in [6.45, 7) is 5.24. The van der Waals surface area contributed by atoms with Crippen LogP contribution in [-0.4, -0.2) is 16.1 Å². The van der Waals surface area contributed by atoms with Gasteiger partial charge in [-0.2, -0.15) is 0 Å². The van der Waals surface area contributed by atoms with Gasteiger partial charge in [-0.05, 0) is 25.2 Å². The molecule has 16 heavy (non-hydrogen) atoms. The van der Waals surface area contributed by atoms with Crippen molar-refractivity contribution < 1.29 is 0 Å². The molecule has 3 nitrogen and oxygen atoms in total. The standard InChI is InChI=1S/C13H23N3/c1-3-11(2)12-8-15-10-16(12)13(9-14)6-4-5-7-13/h8,10-11H,3-7,9,14H2,1-2H3. The minimum Gasteiger partial charge on any atom is -0.328 e. The minimum atomic E-state index is 0.162. The lowest BCUT2D eigenvalue weighted by Crippen LogP contribution is -2.39. The van der Waals surface area contributed by atoms with Gasteiger partial charge in [0, 0.05) is 18.4 Å². The first-order valence-electron chi connectivity index (χ1n) is 6.46. The molecule has 1 aromatic heterocycles. The molecule has 1 fully saturated rings. The van der Waals surface area contributed by atoms with E-state index in [1.165, 1.54) is 31.4 Å². The molecule has 0 aromatic carbocycles. The molecule has 2 rings (SSSR count). The normalized spacial score (nSPS) is 21.2. The largest absolute Gasteiger partial charge is 0.328 e. The van der Waals surface area contributed by atoms with Gasteiger partial charge < -0.3 is 10.3 Å². The topological polar surface area (TPSA) is 43.8 Å². The Kier molecular flexibility index (Phi) is 3.33. The zero-order valence-corrected chi connectivity index (χ0v) is 10.4.